The van der Waals surface area contributed by atoms with E-state index in [1.165, 1.54) is 19.4 Å². The number of amides is 1. The second-order valence-electron chi connectivity index (χ2n) is 6.95. The summed E-state index contributed by atoms with van der Waals surface area (Å²) >= 11 is 0. The van der Waals surface area contributed by atoms with Gasteiger partial charge in [-0.05, 0) is 40.6 Å². The van der Waals surface area contributed by atoms with Gasteiger partial charge in [0.25, 0.3) is 5.69 Å². The Hall–Kier alpha value is -4.46. The molecule has 1 aromatic heterocycles. The number of nitro groups is 1. The van der Waals surface area contributed by atoms with Crippen LogP contribution in [0, 0.1) is 10.1 Å². The van der Waals surface area contributed by atoms with Gasteiger partial charge in [-0.1, -0.05) is 42.5 Å². The molecule has 0 radical (unpaired) electrons. The Morgan fingerprint density at radius 2 is 1.94 bits per heavy atom. The highest BCUT2D eigenvalue weighted by Crippen LogP contribution is 2.33. The predicted molar refractivity (Wildman–Crippen MR) is 121 cm³/mol. The van der Waals surface area contributed by atoms with E-state index in [1.807, 2.05) is 42.5 Å². The minimum absolute atomic E-state index is 0.134. The first kappa shape index (κ1) is 20.8. The molecule has 0 saturated heterocycles. The molecule has 0 unspecified atom stereocenters. The molecule has 4 aromatic rings. The van der Waals surface area contributed by atoms with Gasteiger partial charge in [0.2, 0.25) is 5.91 Å². The van der Waals surface area contributed by atoms with Crippen molar-refractivity contribution in [3.05, 3.63) is 94.2 Å². The largest absolute Gasteiger partial charge is 0.497 e. The van der Waals surface area contributed by atoms with Crippen LogP contribution in [0.1, 0.15) is 11.3 Å². The van der Waals surface area contributed by atoms with E-state index >= 15 is 0 Å². The molecule has 1 amide bonds. The fourth-order valence-corrected chi connectivity index (χ4v) is 3.39. The zero-order valence-electron chi connectivity index (χ0n) is 17.1. The lowest BCUT2D eigenvalue weighted by molar-refractivity contribution is -0.384. The summed E-state index contributed by atoms with van der Waals surface area (Å²) in [6.07, 6.45) is 1.53. The van der Waals surface area contributed by atoms with Gasteiger partial charge >= 0.3 is 0 Å². The van der Waals surface area contributed by atoms with Crippen LogP contribution < -0.4 is 10.2 Å². The van der Waals surface area contributed by atoms with Crippen molar-refractivity contribution in [2.24, 2.45) is 5.10 Å². The molecule has 3 aromatic carbocycles. The summed E-state index contributed by atoms with van der Waals surface area (Å²) in [5.41, 5.74) is 3.57. The number of furan rings is 1. The molecule has 0 saturated carbocycles. The number of ether oxygens (including phenoxy) is 1. The number of hydrogen-bond acceptors (Lipinski definition) is 6. The standard InChI is InChI=1S/C24H19N3O5/c1-31-18-9-11-21(22(14-18)27(29)30)23-12-10-19(32-23)15-25-26-24(28)13-17-7-4-6-16-5-2-3-8-20(16)17/h2-12,14-15H,13H2,1H3,(H,26,28)/b25-15-. The molecule has 8 heteroatoms. The van der Waals surface area contributed by atoms with Gasteiger partial charge in [-0.2, -0.15) is 5.10 Å². The molecule has 0 aliphatic rings. The fourth-order valence-electron chi connectivity index (χ4n) is 3.39. The van der Waals surface area contributed by atoms with Crippen molar-refractivity contribution in [2.75, 3.05) is 7.11 Å². The third-order valence-corrected chi connectivity index (χ3v) is 4.91. The molecule has 0 atom stereocenters. The number of rotatable bonds is 7. The van der Waals surface area contributed by atoms with Crippen LogP contribution in [-0.2, 0) is 11.2 Å². The highest BCUT2D eigenvalue weighted by Gasteiger charge is 2.19. The summed E-state index contributed by atoms with van der Waals surface area (Å²) in [5.74, 6) is 0.760. The number of nitrogens with zero attached hydrogens (tertiary/aromatic N) is 2. The summed E-state index contributed by atoms with van der Waals surface area (Å²) in [6, 6.07) is 21.4. The van der Waals surface area contributed by atoms with Crippen LogP contribution >= 0.6 is 0 Å². The molecular formula is C24H19N3O5. The van der Waals surface area contributed by atoms with Gasteiger partial charge in [-0.25, -0.2) is 5.43 Å². The maximum Gasteiger partial charge on any atom is 0.284 e. The number of nitrogens with one attached hydrogen (secondary N) is 1. The number of carbonyl (C=O) groups is 1. The molecule has 0 aliphatic carbocycles. The van der Waals surface area contributed by atoms with Crippen molar-refractivity contribution in [1.29, 1.82) is 0 Å². The lowest BCUT2D eigenvalue weighted by Crippen LogP contribution is -2.19. The number of benzene rings is 3. The average Bonchev–Trinajstić information content (AvgIpc) is 3.27. The zero-order chi connectivity index (χ0) is 22.5. The van der Waals surface area contributed by atoms with Crippen molar-refractivity contribution < 1.29 is 18.9 Å². The van der Waals surface area contributed by atoms with E-state index in [2.05, 4.69) is 10.5 Å². The van der Waals surface area contributed by atoms with Crippen molar-refractivity contribution >= 4 is 28.6 Å². The lowest BCUT2D eigenvalue weighted by atomic mass is 10.0. The Balaban J connectivity index is 1.44. The SMILES string of the molecule is COc1ccc(-c2ccc(/C=N\NC(=O)Cc3cccc4ccccc34)o2)c([N+](=O)[O-])c1. The molecule has 1 heterocycles. The first-order chi connectivity index (χ1) is 15.5. The second kappa shape index (κ2) is 9.13. The minimum Gasteiger partial charge on any atom is -0.497 e. The quantitative estimate of drug-likeness (QED) is 0.260. The number of methoxy groups -OCH3 is 1. The van der Waals surface area contributed by atoms with E-state index < -0.39 is 4.92 Å². The molecule has 1 N–H and O–H groups in total. The monoisotopic (exact) mass is 429 g/mol. The fraction of sp³-hybridized carbons (Fsp3) is 0.0833. The van der Waals surface area contributed by atoms with Crippen LogP contribution in [-0.4, -0.2) is 24.2 Å². The Morgan fingerprint density at radius 3 is 2.75 bits per heavy atom. The van der Waals surface area contributed by atoms with Crippen molar-refractivity contribution in [1.82, 2.24) is 5.43 Å². The maximum atomic E-state index is 12.3. The van der Waals surface area contributed by atoms with E-state index in [-0.39, 0.29) is 18.0 Å². The Kier molecular flexibility index (Phi) is 5.94. The van der Waals surface area contributed by atoms with E-state index in [0.717, 1.165) is 16.3 Å². The Labute approximate surface area is 183 Å². The molecular weight excluding hydrogens is 410 g/mol. The topological polar surface area (TPSA) is 107 Å². The normalized spacial score (nSPS) is 11.0. The summed E-state index contributed by atoms with van der Waals surface area (Å²) in [7, 11) is 1.44. The van der Waals surface area contributed by atoms with Crippen LogP contribution in [0.5, 0.6) is 5.75 Å². The van der Waals surface area contributed by atoms with Gasteiger partial charge in [-0.15, -0.1) is 0 Å². The van der Waals surface area contributed by atoms with Crippen LogP contribution in [0.15, 0.2) is 82.3 Å². The minimum atomic E-state index is -0.498. The van der Waals surface area contributed by atoms with Gasteiger partial charge in [0.15, 0.2) is 0 Å². The molecule has 4 rings (SSSR count). The van der Waals surface area contributed by atoms with Crippen molar-refractivity contribution in [3.8, 4) is 17.1 Å². The van der Waals surface area contributed by atoms with Crippen LogP contribution in [0.2, 0.25) is 0 Å². The van der Waals surface area contributed by atoms with E-state index in [0.29, 0.717) is 22.8 Å². The number of hydrazone groups is 1. The number of carbonyl (C=O) groups excluding carboxylic acids is 1. The first-order valence-corrected chi connectivity index (χ1v) is 9.76. The van der Waals surface area contributed by atoms with Crippen LogP contribution in [0.4, 0.5) is 5.69 Å². The highest BCUT2D eigenvalue weighted by molar-refractivity contribution is 5.90. The van der Waals surface area contributed by atoms with Gasteiger partial charge in [-0.3, -0.25) is 14.9 Å². The van der Waals surface area contributed by atoms with Crippen molar-refractivity contribution in [3.63, 3.8) is 0 Å². The summed E-state index contributed by atoms with van der Waals surface area (Å²) < 4.78 is 10.7. The van der Waals surface area contributed by atoms with Gasteiger partial charge < -0.3 is 9.15 Å². The number of fused-ring (bicyclic) bond motifs is 1. The molecule has 0 spiro atoms. The summed E-state index contributed by atoms with van der Waals surface area (Å²) in [6.45, 7) is 0. The van der Waals surface area contributed by atoms with E-state index in [1.54, 1.807) is 24.3 Å². The molecule has 160 valence electrons. The number of nitro benzene ring substituents is 1. The highest BCUT2D eigenvalue weighted by atomic mass is 16.6. The Bertz CT molecular complexity index is 1320. The van der Waals surface area contributed by atoms with E-state index in [4.69, 9.17) is 9.15 Å². The Morgan fingerprint density at radius 1 is 1.12 bits per heavy atom. The molecule has 0 aliphatic heterocycles. The smallest absolute Gasteiger partial charge is 0.284 e. The molecule has 0 bridgehead atoms. The van der Waals surface area contributed by atoms with Crippen LogP contribution in [0.3, 0.4) is 0 Å². The second-order valence-corrected chi connectivity index (χ2v) is 6.95. The van der Waals surface area contributed by atoms with Gasteiger partial charge in [0, 0.05) is 0 Å². The maximum absolute atomic E-state index is 12.3. The number of hydrogen-bond donors (Lipinski definition) is 1. The van der Waals surface area contributed by atoms with E-state index in [9.17, 15) is 14.9 Å². The summed E-state index contributed by atoms with van der Waals surface area (Å²) in [4.78, 5) is 23.2. The van der Waals surface area contributed by atoms with Gasteiger partial charge in [0.1, 0.15) is 17.3 Å². The molecule has 0 fully saturated rings. The summed E-state index contributed by atoms with van der Waals surface area (Å²) in [5, 5.41) is 17.4. The third kappa shape index (κ3) is 4.49. The molecule has 8 nitrogen and oxygen atoms in total. The van der Waals surface area contributed by atoms with Crippen molar-refractivity contribution in [2.45, 2.75) is 6.42 Å². The predicted octanol–water partition coefficient (Wildman–Crippen LogP) is 4.71. The third-order valence-electron chi connectivity index (χ3n) is 4.91. The van der Waals surface area contributed by atoms with Gasteiger partial charge in [0.05, 0.1) is 36.3 Å². The lowest BCUT2D eigenvalue weighted by Gasteiger charge is -2.05. The molecule has 32 heavy (non-hydrogen) atoms. The first-order valence-electron chi connectivity index (χ1n) is 9.76. The van der Waals surface area contributed by atoms with Crippen LogP contribution in [0.25, 0.3) is 22.1 Å². The zero-order valence-corrected chi connectivity index (χ0v) is 17.1. The average molecular weight is 429 g/mol.